The summed E-state index contributed by atoms with van der Waals surface area (Å²) in [4.78, 5) is 66.3. The number of ketones is 2. The molecule has 1 N–H and O–H groups in total. The molecule has 0 unspecified atom stereocenters. The number of hydrogen-bond acceptors (Lipinski definition) is 13. The van der Waals surface area contributed by atoms with E-state index in [0.717, 1.165) is 37.8 Å². The Morgan fingerprint density at radius 3 is 2.00 bits per heavy atom. The Morgan fingerprint density at radius 1 is 0.922 bits per heavy atom. The zero-order chi connectivity index (χ0) is 35.9. The Hall–Kier alpha value is -0.0761. The topological polar surface area (TPSA) is 208 Å². The van der Waals surface area contributed by atoms with Gasteiger partial charge in [-0.2, -0.15) is 14.6 Å². The fraction of sp³-hybridized carbons (Fsp3) is 0.323. The van der Waals surface area contributed by atoms with Crippen LogP contribution in [0.1, 0.15) is 94.0 Å². The van der Waals surface area contributed by atoms with Crippen molar-refractivity contribution < 1.29 is 187 Å². The third kappa shape index (κ3) is 14.8. The second-order valence-corrected chi connectivity index (χ2v) is 12.3. The van der Waals surface area contributed by atoms with Crippen LogP contribution < -0.4 is 143 Å². The fourth-order valence-corrected chi connectivity index (χ4v) is 5.55. The third-order valence-corrected chi connectivity index (χ3v) is 7.96. The van der Waals surface area contributed by atoms with Gasteiger partial charge in [0.1, 0.15) is 0 Å². The number of Topliss-reactive ketones (excluding diaryl/α,β-unsaturated/α-hetero) is 2. The van der Waals surface area contributed by atoms with Gasteiger partial charge in [-0.25, -0.2) is 24.2 Å². The number of aromatic amines is 1. The number of H-pyrrole nitrogens is 1. The molecule has 0 aromatic carbocycles. The standard InChI is InChI=1S/C15H14IN3O3.C10H12N2O3.C5H3FIN.CH2O3.2Cs.H/c1-2-22-15(21)14-13-10(4-3-5-11(13)20)19(18-14)12-8-9(16)6-7-17-12;1-2-15-10(14)9-8-6(11-12-9)4-3-5-7(8)13;6-5-3-4(7)1-2-8-5;2-1-4-3;;;/h6-8H,2-5H2,1H3;2-5H2,1H3,(H,11,12);1-3H;1,3H;;;/q;;;;2*+1;-1/p-1. The maximum Gasteiger partial charge on any atom is 1.00 e. The van der Waals surface area contributed by atoms with Gasteiger partial charge >= 0.3 is 150 Å². The number of rotatable bonds is 6. The minimum atomic E-state index is -0.557. The van der Waals surface area contributed by atoms with E-state index in [0.29, 0.717) is 36.2 Å². The first-order valence-electron chi connectivity index (χ1n) is 14.8. The summed E-state index contributed by atoms with van der Waals surface area (Å²) in [5, 5.41) is 19.3. The van der Waals surface area contributed by atoms with E-state index in [9.17, 15) is 23.6 Å². The van der Waals surface area contributed by atoms with Crippen LogP contribution in [0.2, 0.25) is 0 Å². The number of nitrogens with one attached hydrogen (secondary N) is 1. The molecule has 0 bridgehead atoms. The van der Waals surface area contributed by atoms with Crippen molar-refractivity contribution >= 4 is 75.2 Å². The first-order chi connectivity index (χ1) is 23.6. The zero-order valence-corrected chi connectivity index (χ0v) is 45.1. The maximum atomic E-state index is 12.2. The van der Waals surface area contributed by atoms with Gasteiger partial charge in [-0.3, -0.25) is 19.5 Å². The van der Waals surface area contributed by atoms with E-state index in [1.807, 2.05) is 34.7 Å². The second-order valence-electron chi connectivity index (χ2n) is 9.82. The minimum Gasteiger partial charge on any atom is -1.00 e. The van der Waals surface area contributed by atoms with E-state index < -0.39 is 17.9 Å². The Morgan fingerprint density at radius 2 is 1.47 bits per heavy atom. The molecular formula is C31H31Cs2FI2N6O9. The van der Waals surface area contributed by atoms with Crippen molar-refractivity contribution in [2.24, 2.45) is 0 Å². The Kier molecular flexibility index (Phi) is 24.9. The third-order valence-electron chi connectivity index (χ3n) is 6.62. The second kappa shape index (κ2) is 25.9. The molecule has 6 rings (SSSR count). The zero-order valence-electron chi connectivity index (χ0n) is 29.2. The van der Waals surface area contributed by atoms with Gasteiger partial charge in [0.25, 0.3) is 6.47 Å². The molecule has 0 fully saturated rings. The van der Waals surface area contributed by atoms with Crippen LogP contribution in [0.5, 0.6) is 0 Å². The van der Waals surface area contributed by atoms with Gasteiger partial charge in [-0.15, -0.1) is 0 Å². The Bertz CT molecular complexity index is 1800. The molecule has 4 aromatic rings. The summed E-state index contributed by atoms with van der Waals surface area (Å²) >= 11 is 4.21. The Labute approximate surface area is 438 Å². The van der Waals surface area contributed by atoms with Crippen LogP contribution >= 0.6 is 45.2 Å². The number of aryl methyl sites for hydroxylation is 1. The average Bonchev–Trinajstić information content (AvgIpc) is 3.70. The molecule has 2 aliphatic carbocycles. The number of fused-ring (bicyclic) bond motifs is 2. The summed E-state index contributed by atoms with van der Waals surface area (Å²) in [6, 6.07) is 6.85. The van der Waals surface area contributed by atoms with Gasteiger partial charge in [0, 0.05) is 44.1 Å². The number of nitrogens with zero attached hydrogens (tertiary/aromatic N) is 5. The average molecular weight is 1170 g/mol. The minimum absolute atomic E-state index is 0. The predicted molar refractivity (Wildman–Crippen MR) is 184 cm³/mol. The molecule has 4 aromatic heterocycles. The molecule has 0 atom stereocenters. The molecule has 0 radical (unpaired) electrons. The van der Waals surface area contributed by atoms with E-state index in [2.05, 4.69) is 52.7 Å². The van der Waals surface area contributed by atoms with Gasteiger partial charge in [-0.05, 0) is 103 Å². The largest absolute Gasteiger partial charge is 1.00 e. The summed E-state index contributed by atoms with van der Waals surface area (Å²) in [5.74, 6) is -0.969. The summed E-state index contributed by atoms with van der Waals surface area (Å²) in [6.45, 7) is 3.80. The van der Waals surface area contributed by atoms with Crippen LogP contribution in [0.4, 0.5) is 4.39 Å². The van der Waals surface area contributed by atoms with Crippen molar-refractivity contribution in [3.8, 4) is 5.82 Å². The SMILES string of the molecule is CCOC(=O)c1n[nH]c2c1C(=O)CCC2.CCOC(=O)c1nn(-c2cc(I)ccn2)c2c1C(=O)CCC2.Fc1cc(I)ccn1.O=CO[O-].[Cs+].[Cs+].[H-]. The van der Waals surface area contributed by atoms with Crippen LogP contribution in [0.15, 0.2) is 36.7 Å². The molecule has 0 aliphatic heterocycles. The molecular weight excluding hydrogens is 1140 g/mol. The molecule has 20 heteroatoms. The monoisotopic (exact) mass is 1170 g/mol. The molecule has 0 spiro atoms. The van der Waals surface area contributed by atoms with Crippen molar-refractivity contribution in [3.63, 3.8) is 0 Å². The number of aromatic nitrogens is 6. The van der Waals surface area contributed by atoms with Gasteiger partial charge in [-0.1, -0.05) is 0 Å². The number of pyridine rings is 2. The Balaban J connectivity index is 0.000000753. The quantitative estimate of drug-likeness (QED) is 0.0558. The van der Waals surface area contributed by atoms with Crippen molar-refractivity contribution in [1.82, 2.24) is 29.9 Å². The molecule has 15 nitrogen and oxygen atoms in total. The van der Waals surface area contributed by atoms with Gasteiger partial charge in [0.15, 0.2) is 28.8 Å². The number of ether oxygens (including phenoxy) is 2. The van der Waals surface area contributed by atoms with Crippen molar-refractivity contribution in [2.75, 3.05) is 13.2 Å². The van der Waals surface area contributed by atoms with Crippen molar-refractivity contribution in [2.45, 2.75) is 52.4 Å². The van der Waals surface area contributed by atoms with E-state index >= 15 is 0 Å². The van der Waals surface area contributed by atoms with Crippen LogP contribution in [0.3, 0.4) is 0 Å². The van der Waals surface area contributed by atoms with Crippen LogP contribution in [-0.2, 0) is 32.0 Å². The number of carbonyl (C=O) groups excluding carboxylic acids is 5. The number of halogens is 3. The summed E-state index contributed by atoms with van der Waals surface area (Å²) in [7, 11) is 0. The van der Waals surface area contributed by atoms with Crippen LogP contribution in [0, 0.1) is 13.1 Å². The molecule has 0 saturated heterocycles. The molecule has 51 heavy (non-hydrogen) atoms. The van der Waals surface area contributed by atoms with E-state index in [1.54, 1.807) is 30.8 Å². The van der Waals surface area contributed by atoms with Gasteiger partial charge < -0.3 is 21.0 Å². The van der Waals surface area contributed by atoms with E-state index in [1.165, 1.54) is 12.3 Å². The molecule has 4 heterocycles. The maximum absolute atomic E-state index is 12.2. The number of carbonyl (C=O) groups is 5. The molecule has 0 amide bonds. The van der Waals surface area contributed by atoms with Crippen molar-refractivity contribution in [3.05, 3.63) is 83.6 Å². The van der Waals surface area contributed by atoms with Crippen LogP contribution in [-0.4, -0.2) is 73.1 Å². The van der Waals surface area contributed by atoms with E-state index in [4.69, 9.17) is 19.5 Å². The molecule has 2 aliphatic rings. The summed E-state index contributed by atoms with van der Waals surface area (Å²) < 4.78 is 25.4. The first kappa shape index (κ1) is 48.9. The normalized spacial score (nSPS) is 12.2. The number of hydrogen-bond donors (Lipinski definition) is 1. The van der Waals surface area contributed by atoms with Gasteiger partial charge in [0.2, 0.25) is 5.95 Å². The molecule has 0 saturated carbocycles. The van der Waals surface area contributed by atoms with Gasteiger partial charge in [0.05, 0.1) is 30.0 Å². The fourth-order valence-electron chi connectivity index (χ4n) is 4.70. The number of esters is 2. The summed E-state index contributed by atoms with van der Waals surface area (Å²) in [6.07, 6.45) is 7.08. The smallest absolute Gasteiger partial charge is 1.00 e. The molecule has 262 valence electrons. The summed E-state index contributed by atoms with van der Waals surface area (Å²) in [5.41, 5.74) is 2.56. The first-order valence-corrected chi connectivity index (χ1v) is 16.9. The van der Waals surface area contributed by atoms with Crippen LogP contribution in [0.25, 0.3) is 5.82 Å². The van der Waals surface area contributed by atoms with E-state index in [-0.39, 0.29) is 182 Å². The van der Waals surface area contributed by atoms with Crippen molar-refractivity contribution in [1.29, 1.82) is 0 Å². The predicted octanol–water partition coefficient (Wildman–Crippen LogP) is -1.95.